The molecule has 1 N–H and O–H groups in total. The normalized spacial score (nSPS) is 20.8. The summed E-state index contributed by atoms with van der Waals surface area (Å²) in [6, 6.07) is 10.5. The van der Waals surface area contributed by atoms with Crippen LogP contribution in [0.1, 0.15) is 18.1 Å². The van der Waals surface area contributed by atoms with E-state index in [-0.39, 0.29) is 28.7 Å². The van der Waals surface area contributed by atoms with Crippen LogP contribution in [0, 0.1) is 11.6 Å². The molecule has 0 radical (unpaired) electrons. The lowest BCUT2D eigenvalue weighted by molar-refractivity contribution is -0.146. The Morgan fingerprint density at radius 2 is 1.97 bits per heavy atom. The molecule has 1 aliphatic heterocycles. The summed E-state index contributed by atoms with van der Waals surface area (Å²) in [4.78, 5) is 7.66. The third-order valence-corrected chi connectivity index (χ3v) is 7.45. The zero-order valence-electron chi connectivity index (χ0n) is 20.3. The van der Waals surface area contributed by atoms with Crippen LogP contribution in [0.25, 0.3) is 6.08 Å². The summed E-state index contributed by atoms with van der Waals surface area (Å²) >= 11 is 1.53. The number of aliphatic hydroxyl groups is 1. The van der Waals surface area contributed by atoms with Gasteiger partial charge in [0.05, 0.1) is 30.7 Å². The number of rotatable bonds is 10. The number of thioether (sulfide) groups is 1. The van der Waals surface area contributed by atoms with Crippen LogP contribution in [0.5, 0.6) is 0 Å². The Bertz CT molecular complexity index is 1230. The Morgan fingerprint density at radius 3 is 2.62 bits per heavy atom. The van der Waals surface area contributed by atoms with E-state index in [0.29, 0.717) is 30.0 Å². The van der Waals surface area contributed by atoms with Gasteiger partial charge in [-0.15, -0.1) is 11.8 Å². The predicted molar refractivity (Wildman–Crippen MR) is 141 cm³/mol. The van der Waals surface area contributed by atoms with Crippen LogP contribution in [0.15, 0.2) is 78.3 Å². The number of aliphatic imine (C=N–C) groups is 1. The summed E-state index contributed by atoms with van der Waals surface area (Å²) in [5.74, 6) is -0.749. The van der Waals surface area contributed by atoms with Crippen molar-refractivity contribution < 1.29 is 23.4 Å². The minimum absolute atomic E-state index is 0.0241. The van der Waals surface area contributed by atoms with Crippen molar-refractivity contribution in [2.24, 2.45) is 4.99 Å². The first-order valence-corrected chi connectivity index (χ1v) is 12.6. The highest BCUT2D eigenvalue weighted by Gasteiger charge is 2.39. The van der Waals surface area contributed by atoms with Gasteiger partial charge in [0.15, 0.2) is 6.29 Å². The lowest BCUT2D eigenvalue weighted by atomic mass is 9.90. The molecule has 7 nitrogen and oxygen atoms in total. The van der Waals surface area contributed by atoms with Gasteiger partial charge in [-0.05, 0) is 42.6 Å². The fourth-order valence-corrected chi connectivity index (χ4v) is 5.24. The maximum atomic E-state index is 14.0. The molecule has 2 unspecified atom stereocenters. The second-order valence-corrected chi connectivity index (χ2v) is 10.2. The molecular formula is C27H28F2N4O3S. The number of halogens is 2. The van der Waals surface area contributed by atoms with Crippen molar-refractivity contribution in [1.82, 2.24) is 14.8 Å². The number of nitrogens with zero attached hydrogens (tertiary/aromatic N) is 4. The molecule has 3 aromatic rings. The van der Waals surface area contributed by atoms with Crippen molar-refractivity contribution in [2.45, 2.75) is 35.9 Å². The lowest BCUT2D eigenvalue weighted by Gasteiger charge is -2.37. The zero-order valence-corrected chi connectivity index (χ0v) is 21.1. The monoisotopic (exact) mass is 526 g/mol. The summed E-state index contributed by atoms with van der Waals surface area (Å²) in [6.45, 7) is 6.30. The summed E-state index contributed by atoms with van der Waals surface area (Å²) in [5, 5.41) is 15.5. The second kappa shape index (κ2) is 12.4. The molecule has 2 atom stereocenters. The third kappa shape index (κ3) is 6.98. The molecule has 37 heavy (non-hydrogen) atoms. The molecule has 0 amide bonds. The van der Waals surface area contributed by atoms with E-state index in [4.69, 9.17) is 9.47 Å². The second-order valence-electron chi connectivity index (χ2n) is 8.57. The third-order valence-electron chi connectivity index (χ3n) is 6.00. The first-order chi connectivity index (χ1) is 17.9. The van der Waals surface area contributed by atoms with E-state index in [1.165, 1.54) is 42.6 Å². The van der Waals surface area contributed by atoms with Crippen molar-refractivity contribution in [2.75, 3.05) is 13.2 Å². The van der Waals surface area contributed by atoms with Crippen molar-refractivity contribution >= 4 is 30.2 Å². The van der Waals surface area contributed by atoms with Gasteiger partial charge in [0.2, 0.25) is 0 Å². The molecule has 194 valence electrons. The van der Waals surface area contributed by atoms with Crippen LogP contribution in [0.3, 0.4) is 0 Å². The van der Waals surface area contributed by atoms with Crippen molar-refractivity contribution in [1.29, 1.82) is 0 Å². The fourth-order valence-electron chi connectivity index (χ4n) is 3.91. The smallest absolute Gasteiger partial charge is 0.177 e. The van der Waals surface area contributed by atoms with Crippen LogP contribution in [-0.2, 0) is 21.6 Å². The molecule has 4 rings (SSSR count). The first-order valence-electron chi connectivity index (χ1n) is 11.7. The summed E-state index contributed by atoms with van der Waals surface area (Å²) in [5.41, 5.74) is 0.169. The number of hydrogen-bond donors (Lipinski definition) is 1. The van der Waals surface area contributed by atoms with Crippen LogP contribution in [0.4, 0.5) is 14.5 Å². The van der Waals surface area contributed by atoms with Gasteiger partial charge in [-0.2, -0.15) is 5.10 Å². The summed E-state index contributed by atoms with van der Waals surface area (Å²) < 4.78 is 40.7. The molecule has 0 bridgehead atoms. The zero-order chi connectivity index (χ0) is 26.3. The highest BCUT2D eigenvalue weighted by Crippen LogP contribution is 2.37. The Hall–Kier alpha value is -3.18. The molecule has 0 aliphatic carbocycles. The maximum absolute atomic E-state index is 14.0. The average molecular weight is 527 g/mol. The average Bonchev–Trinajstić information content (AvgIpc) is 3.41. The molecule has 1 saturated heterocycles. The summed E-state index contributed by atoms with van der Waals surface area (Å²) in [7, 11) is 0. The minimum Gasteiger partial charge on any atom is -0.382 e. The maximum Gasteiger partial charge on any atom is 0.177 e. The molecule has 1 aromatic heterocycles. The van der Waals surface area contributed by atoms with Crippen LogP contribution in [0.2, 0.25) is 0 Å². The van der Waals surface area contributed by atoms with Gasteiger partial charge < -0.3 is 14.6 Å². The first kappa shape index (κ1) is 26.9. The molecule has 0 saturated carbocycles. The Balaban J connectivity index is 1.33. The van der Waals surface area contributed by atoms with Gasteiger partial charge in [-0.3, -0.25) is 4.99 Å². The topological polar surface area (TPSA) is 81.8 Å². The van der Waals surface area contributed by atoms with Gasteiger partial charge in [0.1, 0.15) is 29.9 Å². The Morgan fingerprint density at radius 1 is 1.22 bits per heavy atom. The minimum atomic E-state index is -1.33. The van der Waals surface area contributed by atoms with E-state index in [2.05, 4.69) is 21.8 Å². The molecule has 2 aromatic carbocycles. The highest BCUT2D eigenvalue weighted by atomic mass is 32.2. The number of aromatic nitrogens is 3. The standard InChI is InChI=1S/C27H28F2N4O3S/c1-19(27(34,16-33-18-31-17-32-33)21-8-10-22(28)11-9-21)37-24-14-35-26(36-15-24)6-4-3-5-20-7-12-23(30-2)13-25(20)29/h3-13,17-19,24,26,34H,2,14-16H2,1H3/b5-3+,6-4+. The number of benzene rings is 2. The summed E-state index contributed by atoms with van der Waals surface area (Å²) in [6.07, 6.45) is 9.26. The molecular weight excluding hydrogens is 498 g/mol. The number of hydrogen-bond acceptors (Lipinski definition) is 7. The van der Waals surface area contributed by atoms with Gasteiger partial charge in [0.25, 0.3) is 0 Å². The van der Waals surface area contributed by atoms with Crippen LogP contribution in [-0.4, -0.2) is 56.6 Å². The molecule has 0 spiro atoms. The van der Waals surface area contributed by atoms with Gasteiger partial charge in [-0.1, -0.05) is 37.3 Å². The van der Waals surface area contributed by atoms with E-state index in [0.717, 1.165) is 0 Å². The number of allylic oxidation sites excluding steroid dienone is 2. The van der Waals surface area contributed by atoms with Crippen LogP contribution < -0.4 is 0 Å². The van der Waals surface area contributed by atoms with Crippen molar-refractivity contribution in [3.05, 3.63) is 96.1 Å². The highest BCUT2D eigenvalue weighted by molar-refractivity contribution is 8.00. The quantitative estimate of drug-likeness (QED) is 0.299. The SMILES string of the molecule is C=Nc1ccc(/C=C/C=C/C2OCC(SC(C)C(O)(Cn3cncn3)c3ccc(F)cc3)CO2)c(F)c1. The molecule has 10 heteroatoms. The van der Waals surface area contributed by atoms with Crippen molar-refractivity contribution in [3.63, 3.8) is 0 Å². The largest absolute Gasteiger partial charge is 0.382 e. The van der Waals surface area contributed by atoms with E-state index >= 15 is 0 Å². The number of ether oxygens (including phenoxy) is 2. The van der Waals surface area contributed by atoms with E-state index < -0.39 is 11.9 Å². The van der Waals surface area contributed by atoms with E-state index in [9.17, 15) is 13.9 Å². The molecule has 2 heterocycles. The van der Waals surface area contributed by atoms with Crippen LogP contribution >= 0.6 is 11.8 Å². The van der Waals surface area contributed by atoms with Gasteiger partial charge >= 0.3 is 0 Å². The Labute approximate surface area is 218 Å². The predicted octanol–water partition coefficient (Wildman–Crippen LogP) is 4.91. The van der Waals surface area contributed by atoms with Gasteiger partial charge in [-0.25, -0.2) is 18.4 Å². The molecule has 1 fully saturated rings. The van der Waals surface area contributed by atoms with Gasteiger partial charge in [0, 0.05) is 16.9 Å². The molecule has 1 aliphatic rings. The van der Waals surface area contributed by atoms with Crippen molar-refractivity contribution in [3.8, 4) is 0 Å². The lowest BCUT2D eigenvalue weighted by Crippen LogP contribution is -2.43. The Kier molecular flexibility index (Phi) is 8.99. The fraction of sp³-hybridized carbons (Fsp3) is 0.296. The van der Waals surface area contributed by atoms with E-state index in [1.807, 2.05) is 6.92 Å². The van der Waals surface area contributed by atoms with E-state index in [1.54, 1.807) is 53.3 Å².